The zero-order chi connectivity index (χ0) is 14.3. The van der Waals surface area contributed by atoms with Crippen molar-refractivity contribution in [3.05, 3.63) is 70.0 Å². The Balaban J connectivity index is 2.01. The van der Waals surface area contributed by atoms with E-state index in [1.807, 2.05) is 20.9 Å². The predicted molar refractivity (Wildman–Crippen MR) is 80.6 cm³/mol. The van der Waals surface area contributed by atoms with E-state index in [2.05, 4.69) is 29.6 Å². The smallest absolute Gasteiger partial charge is 0.123 e. The minimum atomic E-state index is -0.146. The summed E-state index contributed by atoms with van der Waals surface area (Å²) in [5.74, 6) is 0.340. The number of hydrogen-bond acceptors (Lipinski definition) is 1. The highest BCUT2D eigenvalue weighted by Crippen LogP contribution is 2.44. The van der Waals surface area contributed by atoms with E-state index in [4.69, 9.17) is 0 Å². The molecule has 0 aromatic heterocycles. The van der Waals surface area contributed by atoms with Crippen molar-refractivity contribution in [3.63, 3.8) is 0 Å². The van der Waals surface area contributed by atoms with Crippen molar-refractivity contribution in [1.82, 2.24) is 5.32 Å². The van der Waals surface area contributed by atoms with Crippen molar-refractivity contribution in [1.29, 1.82) is 0 Å². The standard InChI is InChI=1S/C18H20FN/c1-11-8-14(19)9-12(2)17(11)18(20-3)16-10-13-6-4-5-7-15(13)16/h4-9,16,18,20H,10H2,1-3H3. The molecule has 0 saturated heterocycles. The first-order chi connectivity index (χ1) is 9.61. The van der Waals surface area contributed by atoms with E-state index in [0.29, 0.717) is 5.92 Å². The van der Waals surface area contributed by atoms with Gasteiger partial charge in [-0.1, -0.05) is 24.3 Å². The molecule has 2 atom stereocenters. The summed E-state index contributed by atoms with van der Waals surface area (Å²) in [5, 5.41) is 3.44. The van der Waals surface area contributed by atoms with Crippen LogP contribution < -0.4 is 5.32 Å². The highest BCUT2D eigenvalue weighted by atomic mass is 19.1. The molecule has 2 aromatic carbocycles. The third kappa shape index (κ3) is 2.04. The van der Waals surface area contributed by atoms with Crippen LogP contribution in [0, 0.1) is 19.7 Å². The Morgan fingerprint density at radius 1 is 1.15 bits per heavy atom. The van der Waals surface area contributed by atoms with Gasteiger partial charge in [0.05, 0.1) is 0 Å². The number of fused-ring (bicyclic) bond motifs is 1. The maximum absolute atomic E-state index is 13.5. The summed E-state index contributed by atoms with van der Waals surface area (Å²) in [6.07, 6.45) is 1.10. The van der Waals surface area contributed by atoms with Gasteiger partial charge in [-0.25, -0.2) is 4.39 Å². The SMILES string of the molecule is CNC(c1c(C)cc(F)cc1C)C1Cc2ccccc21. The quantitative estimate of drug-likeness (QED) is 0.886. The van der Waals surface area contributed by atoms with E-state index in [-0.39, 0.29) is 11.9 Å². The molecule has 2 heteroatoms. The largest absolute Gasteiger partial charge is 0.312 e. The average molecular weight is 269 g/mol. The molecule has 0 amide bonds. The molecule has 1 aliphatic carbocycles. The summed E-state index contributed by atoms with van der Waals surface area (Å²) in [4.78, 5) is 0. The van der Waals surface area contributed by atoms with Gasteiger partial charge in [0.25, 0.3) is 0 Å². The maximum atomic E-state index is 13.5. The Morgan fingerprint density at radius 3 is 2.40 bits per heavy atom. The van der Waals surface area contributed by atoms with Crippen LogP contribution in [0.15, 0.2) is 36.4 Å². The lowest BCUT2D eigenvalue weighted by molar-refractivity contribution is 0.435. The van der Waals surface area contributed by atoms with Gasteiger partial charge in [0, 0.05) is 12.0 Å². The molecule has 0 aliphatic heterocycles. The first kappa shape index (κ1) is 13.3. The first-order valence-corrected chi connectivity index (χ1v) is 7.13. The fraction of sp³-hybridized carbons (Fsp3) is 0.333. The van der Waals surface area contributed by atoms with Crippen LogP contribution in [-0.2, 0) is 6.42 Å². The van der Waals surface area contributed by atoms with Gasteiger partial charge in [-0.3, -0.25) is 0 Å². The molecule has 20 heavy (non-hydrogen) atoms. The molecule has 0 spiro atoms. The van der Waals surface area contributed by atoms with Gasteiger partial charge in [-0.15, -0.1) is 0 Å². The van der Waals surface area contributed by atoms with Crippen LogP contribution in [-0.4, -0.2) is 7.05 Å². The highest BCUT2D eigenvalue weighted by molar-refractivity contribution is 5.46. The minimum Gasteiger partial charge on any atom is -0.312 e. The number of likely N-dealkylation sites (N-methyl/N-ethyl adjacent to an activating group) is 1. The normalized spacial score (nSPS) is 18.3. The lowest BCUT2D eigenvalue weighted by Gasteiger charge is -2.38. The molecule has 0 fully saturated rings. The van der Waals surface area contributed by atoms with Gasteiger partial charge < -0.3 is 5.32 Å². The fourth-order valence-corrected chi connectivity index (χ4v) is 3.55. The molecule has 1 aliphatic rings. The number of nitrogens with one attached hydrogen (secondary N) is 1. The van der Waals surface area contributed by atoms with E-state index in [1.54, 1.807) is 12.1 Å². The molecular formula is C18H20FN. The number of rotatable bonds is 3. The molecule has 104 valence electrons. The summed E-state index contributed by atoms with van der Waals surface area (Å²) in [6.45, 7) is 4.00. The lowest BCUT2D eigenvalue weighted by Crippen LogP contribution is -2.32. The third-order valence-electron chi connectivity index (χ3n) is 4.48. The van der Waals surface area contributed by atoms with Crippen molar-refractivity contribution in [2.45, 2.75) is 32.2 Å². The van der Waals surface area contributed by atoms with Gasteiger partial charge >= 0.3 is 0 Å². The van der Waals surface area contributed by atoms with E-state index in [1.165, 1.54) is 16.7 Å². The second kappa shape index (κ2) is 5.02. The molecule has 0 saturated carbocycles. The number of aryl methyl sites for hydroxylation is 2. The number of hydrogen-bond donors (Lipinski definition) is 1. The van der Waals surface area contributed by atoms with Crippen LogP contribution in [0.3, 0.4) is 0 Å². The zero-order valence-corrected chi connectivity index (χ0v) is 12.2. The molecule has 1 nitrogen and oxygen atoms in total. The van der Waals surface area contributed by atoms with Crippen molar-refractivity contribution in [2.24, 2.45) is 0 Å². The summed E-state index contributed by atoms with van der Waals surface area (Å²) in [7, 11) is 1.99. The van der Waals surface area contributed by atoms with Crippen LogP contribution in [0.25, 0.3) is 0 Å². The number of halogens is 1. The van der Waals surface area contributed by atoms with Gasteiger partial charge in [-0.2, -0.15) is 0 Å². The Labute approximate surface area is 119 Å². The van der Waals surface area contributed by atoms with Crippen LogP contribution in [0.1, 0.15) is 39.8 Å². The van der Waals surface area contributed by atoms with Crippen LogP contribution >= 0.6 is 0 Å². The topological polar surface area (TPSA) is 12.0 Å². The summed E-state index contributed by atoms with van der Waals surface area (Å²) in [5.41, 5.74) is 6.18. The molecule has 3 rings (SSSR count). The van der Waals surface area contributed by atoms with Crippen molar-refractivity contribution in [3.8, 4) is 0 Å². The van der Waals surface area contributed by atoms with Crippen molar-refractivity contribution < 1.29 is 4.39 Å². The van der Waals surface area contributed by atoms with Gasteiger partial charge in [0.15, 0.2) is 0 Å². The molecule has 1 N–H and O–H groups in total. The first-order valence-electron chi connectivity index (χ1n) is 7.13. The fourth-order valence-electron chi connectivity index (χ4n) is 3.55. The average Bonchev–Trinajstić information content (AvgIpc) is 2.37. The Morgan fingerprint density at radius 2 is 1.80 bits per heavy atom. The summed E-state index contributed by atoms with van der Waals surface area (Å²) < 4.78 is 13.5. The Kier molecular flexibility index (Phi) is 3.35. The van der Waals surface area contributed by atoms with E-state index < -0.39 is 0 Å². The molecule has 0 radical (unpaired) electrons. The van der Waals surface area contributed by atoms with E-state index >= 15 is 0 Å². The molecule has 2 aromatic rings. The summed E-state index contributed by atoms with van der Waals surface area (Å²) in [6, 6.07) is 12.1. The second-order valence-corrected chi connectivity index (χ2v) is 5.73. The highest BCUT2D eigenvalue weighted by Gasteiger charge is 2.34. The maximum Gasteiger partial charge on any atom is 0.123 e. The van der Waals surface area contributed by atoms with E-state index in [0.717, 1.165) is 17.5 Å². The zero-order valence-electron chi connectivity index (χ0n) is 12.2. The molecular weight excluding hydrogens is 249 g/mol. The minimum absolute atomic E-state index is 0.146. The Bertz CT molecular complexity index is 625. The van der Waals surface area contributed by atoms with Crippen LogP contribution in [0.2, 0.25) is 0 Å². The summed E-state index contributed by atoms with van der Waals surface area (Å²) >= 11 is 0. The number of benzene rings is 2. The van der Waals surface area contributed by atoms with Gasteiger partial charge in [0.1, 0.15) is 5.82 Å². The lowest BCUT2D eigenvalue weighted by atomic mass is 9.70. The van der Waals surface area contributed by atoms with E-state index in [9.17, 15) is 4.39 Å². The Hall–Kier alpha value is -1.67. The van der Waals surface area contributed by atoms with Gasteiger partial charge in [-0.05, 0) is 67.3 Å². The third-order valence-corrected chi connectivity index (χ3v) is 4.48. The van der Waals surface area contributed by atoms with Crippen molar-refractivity contribution >= 4 is 0 Å². The molecule has 2 unspecified atom stereocenters. The monoisotopic (exact) mass is 269 g/mol. The van der Waals surface area contributed by atoms with Crippen LogP contribution in [0.4, 0.5) is 4.39 Å². The van der Waals surface area contributed by atoms with Crippen molar-refractivity contribution in [2.75, 3.05) is 7.05 Å². The second-order valence-electron chi connectivity index (χ2n) is 5.73. The molecule has 0 bridgehead atoms. The van der Waals surface area contributed by atoms with Gasteiger partial charge in [0.2, 0.25) is 0 Å². The predicted octanol–water partition coefficient (Wildman–Crippen LogP) is 4.04. The van der Waals surface area contributed by atoms with Crippen LogP contribution in [0.5, 0.6) is 0 Å². The molecule has 0 heterocycles.